The highest BCUT2D eigenvalue weighted by Crippen LogP contribution is 2.27. The van der Waals surface area contributed by atoms with Crippen LogP contribution in [-0.4, -0.2) is 58.7 Å². The van der Waals surface area contributed by atoms with E-state index in [0.29, 0.717) is 5.92 Å². The summed E-state index contributed by atoms with van der Waals surface area (Å²) in [4.78, 5) is 12.8. The SMILES string of the molecule is CSc1ccc(CCN2CCC(C(C)(C)O)CC2)cc1.O=C(O)C(F)(F)F. The monoisotopic (exact) mass is 407 g/mol. The number of piperidine rings is 1. The number of benzene rings is 1. The molecule has 0 aromatic heterocycles. The molecule has 1 fully saturated rings. The highest BCUT2D eigenvalue weighted by molar-refractivity contribution is 7.98. The molecule has 1 heterocycles. The lowest BCUT2D eigenvalue weighted by Gasteiger charge is -2.37. The third-order valence-electron chi connectivity index (χ3n) is 4.70. The molecule has 0 saturated carbocycles. The molecule has 1 saturated heterocycles. The molecule has 2 rings (SSSR count). The fourth-order valence-corrected chi connectivity index (χ4v) is 3.35. The van der Waals surface area contributed by atoms with Crippen LogP contribution in [0.2, 0.25) is 0 Å². The molecule has 27 heavy (non-hydrogen) atoms. The van der Waals surface area contributed by atoms with E-state index in [0.717, 1.165) is 38.9 Å². The minimum Gasteiger partial charge on any atom is -0.475 e. The van der Waals surface area contributed by atoms with Crippen molar-refractivity contribution in [1.82, 2.24) is 4.90 Å². The minimum atomic E-state index is -5.08. The van der Waals surface area contributed by atoms with Crippen molar-refractivity contribution in [2.75, 3.05) is 25.9 Å². The van der Waals surface area contributed by atoms with E-state index in [1.54, 1.807) is 11.8 Å². The van der Waals surface area contributed by atoms with Gasteiger partial charge in [0.05, 0.1) is 5.60 Å². The van der Waals surface area contributed by atoms with E-state index < -0.39 is 17.7 Å². The fraction of sp³-hybridized carbons (Fsp3) is 0.632. The summed E-state index contributed by atoms with van der Waals surface area (Å²) in [5, 5.41) is 17.2. The average molecular weight is 407 g/mol. The quantitative estimate of drug-likeness (QED) is 0.721. The van der Waals surface area contributed by atoms with Crippen LogP contribution >= 0.6 is 11.8 Å². The number of nitrogens with zero attached hydrogens (tertiary/aromatic N) is 1. The van der Waals surface area contributed by atoms with Crippen molar-refractivity contribution in [3.05, 3.63) is 29.8 Å². The van der Waals surface area contributed by atoms with Crippen molar-refractivity contribution < 1.29 is 28.2 Å². The zero-order valence-electron chi connectivity index (χ0n) is 15.9. The number of halogens is 3. The fourth-order valence-electron chi connectivity index (χ4n) is 2.94. The Labute approximate surface area is 162 Å². The van der Waals surface area contributed by atoms with E-state index in [1.807, 2.05) is 13.8 Å². The molecule has 0 unspecified atom stereocenters. The predicted octanol–water partition coefficient (Wildman–Crippen LogP) is 4.07. The molecule has 1 aliphatic rings. The molecule has 154 valence electrons. The van der Waals surface area contributed by atoms with Gasteiger partial charge in [-0.15, -0.1) is 11.8 Å². The van der Waals surface area contributed by atoms with E-state index in [2.05, 4.69) is 35.4 Å². The van der Waals surface area contributed by atoms with Gasteiger partial charge in [-0.25, -0.2) is 4.79 Å². The first-order valence-corrected chi connectivity index (χ1v) is 10.0. The van der Waals surface area contributed by atoms with Crippen LogP contribution in [-0.2, 0) is 11.2 Å². The van der Waals surface area contributed by atoms with Gasteiger partial charge in [0.25, 0.3) is 0 Å². The number of carbonyl (C=O) groups is 1. The van der Waals surface area contributed by atoms with Gasteiger partial charge in [-0.1, -0.05) is 12.1 Å². The van der Waals surface area contributed by atoms with Gasteiger partial charge in [-0.05, 0) is 76.1 Å². The van der Waals surface area contributed by atoms with Crippen molar-refractivity contribution in [1.29, 1.82) is 0 Å². The number of carboxylic acid groups (broad SMARTS) is 1. The Morgan fingerprint density at radius 3 is 2.04 bits per heavy atom. The standard InChI is InChI=1S/C17H27NOS.C2HF3O2/c1-17(2,19)15-9-12-18(13-10-15)11-8-14-4-6-16(20-3)7-5-14;3-2(4,5)1(6)7/h4-7,15,19H,8-13H2,1-3H3;(H,6,7). The second-order valence-electron chi connectivity index (χ2n) is 7.17. The van der Waals surface area contributed by atoms with Crippen molar-refractivity contribution in [3.63, 3.8) is 0 Å². The first kappa shape index (κ1) is 23.8. The topological polar surface area (TPSA) is 60.8 Å². The molecular weight excluding hydrogens is 379 g/mol. The number of hydrogen-bond donors (Lipinski definition) is 2. The third-order valence-corrected chi connectivity index (χ3v) is 5.45. The first-order valence-electron chi connectivity index (χ1n) is 8.81. The van der Waals surface area contributed by atoms with E-state index in [9.17, 15) is 18.3 Å². The Bertz CT molecular complexity index is 577. The van der Waals surface area contributed by atoms with Gasteiger partial charge in [-0.2, -0.15) is 13.2 Å². The summed E-state index contributed by atoms with van der Waals surface area (Å²) >= 11 is 1.79. The summed E-state index contributed by atoms with van der Waals surface area (Å²) in [5.74, 6) is -2.30. The maximum Gasteiger partial charge on any atom is 0.490 e. The number of aliphatic carboxylic acids is 1. The molecule has 4 nitrogen and oxygen atoms in total. The Hall–Kier alpha value is -1.25. The summed E-state index contributed by atoms with van der Waals surface area (Å²) in [6.07, 6.45) is 0.396. The lowest BCUT2D eigenvalue weighted by molar-refractivity contribution is -0.192. The second kappa shape index (κ2) is 10.3. The molecule has 0 radical (unpaired) electrons. The molecule has 0 aliphatic carbocycles. The summed E-state index contributed by atoms with van der Waals surface area (Å²) in [5.41, 5.74) is 0.909. The van der Waals surface area contributed by atoms with Crippen molar-refractivity contribution in [2.45, 2.75) is 49.8 Å². The molecule has 2 N–H and O–H groups in total. The lowest BCUT2D eigenvalue weighted by atomic mass is 9.83. The predicted molar refractivity (Wildman–Crippen MR) is 101 cm³/mol. The molecular formula is C19H28F3NO3S. The smallest absolute Gasteiger partial charge is 0.475 e. The zero-order chi connectivity index (χ0) is 20.7. The second-order valence-corrected chi connectivity index (χ2v) is 8.05. The Kier molecular flexibility index (Phi) is 9.11. The van der Waals surface area contributed by atoms with Crippen molar-refractivity contribution in [3.8, 4) is 0 Å². The number of thioether (sulfide) groups is 1. The minimum absolute atomic E-state index is 0.458. The van der Waals surface area contributed by atoms with Crippen LogP contribution in [0.15, 0.2) is 29.2 Å². The van der Waals surface area contributed by atoms with Crippen molar-refractivity contribution in [2.24, 2.45) is 5.92 Å². The van der Waals surface area contributed by atoms with Gasteiger partial charge in [0, 0.05) is 11.4 Å². The van der Waals surface area contributed by atoms with E-state index >= 15 is 0 Å². The Morgan fingerprint density at radius 1 is 1.19 bits per heavy atom. The molecule has 8 heteroatoms. The van der Waals surface area contributed by atoms with Crippen LogP contribution in [0.3, 0.4) is 0 Å². The summed E-state index contributed by atoms with van der Waals surface area (Å²) in [6.45, 7) is 7.27. The van der Waals surface area contributed by atoms with Crippen LogP contribution in [0.4, 0.5) is 13.2 Å². The summed E-state index contributed by atoms with van der Waals surface area (Å²) in [7, 11) is 0. The summed E-state index contributed by atoms with van der Waals surface area (Å²) in [6, 6.07) is 8.91. The van der Waals surface area contributed by atoms with Gasteiger partial charge in [0.2, 0.25) is 0 Å². The maximum atomic E-state index is 10.6. The highest BCUT2D eigenvalue weighted by Gasteiger charge is 2.38. The van der Waals surface area contributed by atoms with E-state index in [4.69, 9.17) is 9.90 Å². The Balaban J connectivity index is 0.000000445. The van der Waals surface area contributed by atoms with E-state index in [1.165, 1.54) is 10.5 Å². The van der Waals surface area contributed by atoms with E-state index in [-0.39, 0.29) is 0 Å². The number of carboxylic acids is 1. The van der Waals surface area contributed by atoms with Crippen LogP contribution in [0.5, 0.6) is 0 Å². The van der Waals surface area contributed by atoms with Gasteiger partial charge >= 0.3 is 12.1 Å². The van der Waals surface area contributed by atoms with Crippen LogP contribution < -0.4 is 0 Å². The average Bonchev–Trinajstić information content (AvgIpc) is 2.59. The van der Waals surface area contributed by atoms with Gasteiger partial charge in [0.15, 0.2) is 0 Å². The maximum absolute atomic E-state index is 10.6. The molecule has 0 bridgehead atoms. The largest absolute Gasteiger partial charge is 0.490 e. The number of rotatable bonds is 5. The lowest BCUT2D eigenvalue weighted by Crippen LogP contribution is -2.42. The summed E-state index contributed by atoms with van der Waals surface area (Å²) < 4.78 is 31.7. The highest BCUT2D eigenvalue weighted by atomic mass is 32.2. The number of aliphatic hydroxyl groups is 1. The molecule has 0 spiro atoms. The first-order chi connectivity index (χ1) is 12.4. The normalized spacial score (nSPS) is 16.6. The van der Waals surface area contributed by atoms with Gasteiger partial charge in [0.1, 0.15) is 0 Å². The molecule has 1 aromatic rings. The number of hydrogen-bond acceptors (Lipinski definition) is 4. The van der Waals surface area contributed by atoms with Gasteiger partial charge < -0.3 is 15.1 Å². The zero-order valence-corrected chi connectivity index (χ0v) is 16.7. The van der Waals surface area contributed by atoms with Gasteiger partial charge in [-0.3, -0.25) is 0 Å². The molecule has 1 aromatic carbocycles. The third kappa shape index (κ3) is 8.99. The van der Waals surface area contributed by atoms with Crippen molar-refractivity contribution >= 4 is 17.7 Å². The number of likely N-dealkylation sites (tertiary alicyclic amines) is 1. The molecule has 1 aliphatic heterocycles. The van der Waals surface area contributed by atoms with Crippen LogP contribution in [0.25, 0.3) is 0 Å². The Morgan fingerprint density at radius 2 is 1.67 bits per heavy atom. The molecule has 0 atom stereocenters. The number of alkyl halides is 3. The molecule has 0 amide bonds. The van der Waals surface area contributed by atoms with Crippen LogP contribution in [0, 0.1) is 5.92 Å². The van der Waals surface area contributed by atoms with Crippen LogP contribution in [0.1, 0.15) is 32.3 Å².